The molecule has 3 aliphatic carbocycles. The summed E-state index contributed by atoms with van der Waals surface area (Å²) in [6, 6.07) is 83.0. The van der Waals surface area contributed by atoms with Gasteiger partial charge in [0.25, 0.3) is 0 Å². The van der Waals surface area contributed by atoms with E-state index in [1.807, 2.05) is 11.3 Å². The van der Waals surface area contributed by atoms with E-state index in [1.54, 1.807) is 11.1 Å². The molecule has 0 saturated heterocycles. The van der Waals surface area contributed by atoms with E-state index in [2.05, 4.69) is 241 Å². The summed E-state index contributed by atoms with van der Waals surface area (Å²) >= 11 is 1.88. The average Bonchev–Trinajstić information content (AvgIpc) is 4.18. The van der Waals surface area contributed by atoms with Crippen molar-refractivity contribution in [3.05, 3.63) is 230 Å². The number of benzene rings is 10. The van der Waals surface area contributed by atoms with Crippen LogP contribution >= 0.6 is 11.3 Å². The van der Waals surface area contributed by atoms with Crippen LogP contribution in [0.25, 0.3) is 120 Å². The van der Waals surface area contributed by atoms with Crippen LogP contribution in [0, 0.1) is 23.7 Å². The number of nitrogens with zero attached hydrogens (tertiary/aromatic N) is 2. The van der Waals surface area contributed by atoms with Crippen molar-refractivity contribution < 1.29 is 0 Å². The second-order valence-corrected chi connectivity index (χ2v) is 23.3. The molecular formula is C71H54N2S. The number of hydrogen-bond donors (Lipinski definition) is 0. The van der Waals surface area contributed by atoms with Crippen molar-refractivity contribution in [1.29, 1.82) is 0 Å². The summed E-state index contributed by atoms with van der Waals surface area (Å²) in [4.78, 5) is 0. The Balaban J connectivity index is 0.772. The molecule has 0 N–H and O–H groups in total. The number of aromatic nitrogens is 2. The second kappa shape index (κ2) is 16.0. The zero-order valence-corrected chi connectivity index (χ0v) is 42.5. The van der Waals surface area contributed by atoms with E-state index in [-0.39, 0.29) is 5.41 Å². The van der Waals surface area contributed by atoms with Crippen molar-refractivity contribution in [2.45, 2.75) is 44.9 Å². The van der Waals surface area contributed by atoms with Crippen LogP contribution in [0.1, 0.15) is 50.7 Å². The Morgan fingerprint density at radius 2 is 0.905 bits per heavy atom. The molecule has 0 radical (unpaired) electrons. The molecule has 16 rings (SSSR count). The van der Waals surface area contributed by atoms with Gasteiger partial charge < -0.3 is 9.13 Å². The summed E-state index contributed by atoms with van der Waals surface area (Å²) in [7, 11) is 0. The van der Waals surface area contributed by atoms with Gasteiger partial charge in [0.05, 0.1) is 22.1 Å². The van der Waals surface area contributed by atoms with E-state index in [0.29, 0.717) is 11.8 Å². The molecule has 2 saturated carbocycles. The minimum atomic E-state index is 0.0897. The molecule has 3 aliphatic rings. The standard InChI is InChI=1S/C71H54N2S/c1-43-34-45-36-44(2)71(52(35-43)37-45)63-18-7-3-14-55(63)56-30-26-49(39-64(56)71)47-24-22-46(23-25-47)48-12-11-13-53(38-48)72-65-19-8-4-15-57(65)59-31-27-50(40-67(59)72)51-28-32-60-58-16-5-9-20-66(58)73(68(60)41-51)54-29-33-62-61-17-6-10-21-69(61)74-70(62)42-54/h3-33,38-45,52H,34-37H2,1-2H3. The Morgan fingerprint density at radius 1 is 0.365 bits per heavy atom. The maximum atomic E-state index is 2.60. The highest BCUT2D eigenvalue weighted by molar-refractivity contribution is 7.25. The van der Waals surface area contributed by atoms with E-state index < -0.39 is 0 Å². The molecule has 74 heavy (non-hydrogen) atoms. The topological polar surface area (TPSA) is 9.86 Å². The van der Waals surface area contributed by atoms with Gasteiger partial charge in [0.2, 0.25) is 0 Å². The van der Waals surface area contributed by atoms with Crippen LogP contribution in [0.4, 0.5) is 0 Å². The van der Waals surface area contributed by atoms with Crippen LogP contribution in [0.15, 0.2) is 218 Å². The molecule has 13 aromatic rings. The van der Waals surface area contributed by atoms with Gasteiger partial charge in [-0.25, -0.2) is 0 Å². The minimum Gasteiger partial charge on any atom is -0.309 e. The van der Waals surface area contributed by atoms with Crippen LogP contribution in [0.3, 0.4) is 0 Å². The third-order valence-corrected chi connectivity index (χ3v) is 19.4. The molecule has 2 bridgehead atoms. The Labute approximate surface area is 435 Å². The first kappa shape index (κ1) is 42.5. The number of hydrogen-bond acceptors (Lipinski definition) is 1. The SMILES string of the molecule is CC1CC2CC(C)C3(c4ccccc4-c4ccc(-c5ccc(-c6cccc(-n7c8ccccc8c8ccc(-c9ccc%10c%11ccccc%11n(-c%11ccc%12c(c%11)sc%11ccccc%11%12)c%10c9)cc87)c6)cc5)cc43)C(C1)C2. The molecule has 5 unspecified atom stereocenters. The van der Waals surface area contributed by atoms with Gasteiger partial charge >= 0.3 is 0 Å². The third-order valence-electron chi connectivity index (χ3n) is 18.2. The third kappa shape index (κ3) is 6.11. The Morgan fingerprint density at radius 3 is 1.64 bits per heavy atom. The molecule has 0 aliphatic heterocycles. The van der Waals surface area contributed by atoms with Gasteiger partial charge in [0.15, 0.2) is 0 Å². The van der Waals surface area contributed by atoms with Crippen molar-refractivity contribution >= 4 is 75.1 Å². The summed E-state index contributed by atoms with van der Waals surface area (Å²) in [5.74, 6) is 2.97. The zero-order valence-electron chi connectivity index (χ0n) is 41.7. The van der Waals surface area contributed by atoms with E-state index in [1.165, 1.54) is 140 Å². The molecule has 5 atom stereocenters. The van der Waals surface area contributed by atoms with Crippen molar-refractivity contribution in [2.24, 2.45) is 23.7 Å². The number of para-hydroxylation sites is 2. The van der Waals surface area contributed by atoms with E-state index in [9.17, 15) is 0 Å². The fraction of sp³-hybridized carbons (Fsp3) is 0.155. The highest BCUT2D eigenvalue weighted by Crippen LogP contribution is 2.65. The first-order valence-electron chi connectivity index (χ1n) is 26.9. The smallest absolute Gasteiger partial charge is 0.0547 e. The van der Waals surface area contributed by atoms with Crippen LogP contribution < -0.4 is 0 Å². The quantitative estimate of drug-likeness (QED) is 0.163. The molecule has 2 nitrogen and oxygen atoms in total. The Hall–Kier alpha value is -7.98. The lowest BCUT2D eigenvalue weighted by molar-refractivity contribution is 0.0426. The molecule has 10 aromatic carbocycles. The predicted molar refractivity (Wildman–Crippen MR) is 314 cm³/mol. The highest BCUT2D eigenvalue weighted by Gasteiger charge is 2.56. The zero-order chi connectivity index (χ0) is 48.8. The first-order valence-corrected chi connectivity index (χ1v) is 27.7. The van der Waals surface area contributed by atoms with Crippen molar-refractivity contribution in [3.63, 3.8) is 0 Å². The lowest BCUT2D eigenvalue weighted by atomic mass is 9.49. The van der Waals surface area contributed by atoms with Gasteiger partial charge in [-0.15, -0.1) is 11.3 Å². The lowest BCUT2D eigenvalue weighted by Gasteiger charge is -2.54. The van der Waals surface area contributed by atoms with Gasteiger partial charge in [0, 0.05) is 58.5 Å². The molecule has 1 spiro atoms. The van der Waals surface area contributed by atoms with Gasteiger partial charge in [-0.3, -0.25) is 0 Å². The summed E-state index contributed by atoms with van der Waals surface area (Å²) < 4.78 is 7.58. The maximum Gasteiger partial charge on any atom is 0.0547 e. The molecule has 3 heteroatoms. The van der Waals surface area contributed by atoms with Crippen LogP contribution in [-0.4, -0.2) is 9.13 Å². The van der Waals surface area contributed by atoms with E-state index >= 15 is 0 Å². The Kier molecular flexibility index (Phi) is 9.20. The second-order valence-electron chi connectivity index (χ2n) is 22.3. The van der Waals surface area contributed by atoms with Crippen molar-refractivity contribution in [2.75, 3.05) is 0 Å². The van der Waals surface area contributed by atoms with Gasteiger partial charge in [-0.05, 0) is 166 Å². The summed E-state index contributed by atoms with van der Waals surface area (Å²) in [6.07, 6.45) is 5.43. The molecule has 354 valence electrons. The lowest BCUT2D eigenvalue weighted by Crippen LogP contribution is -2.49. The number of thiophene rings is 1. The van der Waals surface area contributed by atoms with Crippen LogP contribution in [0.5, 0.6) is 0 Å². The minimum absolute atomic E-state index is 0.0897. The van der Waals surface area contributed by atoms with Gasteiger partial charge in [-0.2, -0.15) is 0 Å². The molecule has 0 amide bonds. The molecule has 3 aromatic heterocycles. The van der Waals surface area contributed by atoms with Gasteiger partial charge in [0.1, 0.15) is 0 Å². The van der Waals surface area contributed by atoms with E-state index in [4.69, 9.17) is 0 Å². The van der Waals surface area contributed by atoms with Crippen molar-refractivity contribution in [1.82, 2.24) is 9.13 Å². The highest BCUT2D eigenvalue weighted by atomic mass is 32.1. The maximum absolute atomic E-state index is 2.60. The monoisotopic (exact) mass is 966 g/mol. The molecule has 2 fully saturated rings. The summed E-state index contributed by atoms with van der Waals surface area (Å²) in [5.41, 5.74) is 20.8. The summed E-state index contributed by atoms with van der Waals surface area (Å²) in [5, 5.41) is 7.69. The Bertz CT molecular complexity index is 4440. The largest absolute Gasteiger partial charge is 0.309 e. The predicted octanol–water partition coefficient (Wildman–Crippen LogP) is 19.6. The van der Waals surface area contributed by atoms with Crippen LogP contribution in [-0.2, 0) is 5.41 Å². The van der Waals surface area contributed by atoms with E-state index in [0.717, 1.165) is 17.5 Å². The fourth-order valence-electron chi connectivity index (χ4n) is 15.3. The molecule has 3 heterocycles. The fourth-order valence-corrected chi connectivity index (χ4v) is 16.4. The molecular weight excluding hydrogens is 913 g/mol. The van der Waals surface area contributed by atoms with Crippen LogP contribution in [0.2, 0.25) is 0 Å². The van der Waals surface area contributed by atoms with Crippen molar-refractivity contribution in [3.8, 4) is 55.9 Å². The number of fused-ring (bicyclic) bond motifs is 17. The number of rotatable bonds is 5. The first-order chi connectivity index (χ1) is 36.5. The van der Waals surface area contributed by atoms with Gasteiger partial charge in [-0.1, -0.05) is 172 Å². The average molecular weight is 967 g/mol. The summed E-state index contributed by atoms with van der Waals surface area (Å²) in [6.45, 7) is 5.08. The normalized spacial score (nSPS) is 20.1.